The summed E-state index contributed by atoms with van der Waals surface area (Å²) in [6.07, 6.45) is 0.278. The minimum atomic E-state index is -0.917. The van der Waals surface area contributed by atoms with Crippen molar-refractivity contribution in [1.29, 1.82) is 0 Å². The molecule has 0 aliphatic carbocycles. The highest BCUT2D eigenvalue weighted by atomic mass is 16.5. The number of hydrogen-bond acceptors (Lipinski definition) is 8. The van der Waals surface area contributed by atoms with E-state index in [1.165, 1.54) is 0 Å². The minimum Gasteiger partial charge on any atom is -0.497 e. The molecular formula is C37H38N2O6. The van der Waals surface area contributed by atoms with Gasteiger partial charge in [0.1, 0.15) is 23.0 Å². The highest BCUT2D eigenvalue weighted by Crippen LogP contribution is 2.47. The third-order valence-electron chi connectivity index (χ3n) is 8.71. The molecule has 2 atom stereocenters. The van der Waals surface area contributed by atoms with Crippen LogP contribution < -0.4 is 18.9 Å². The number of ether oxygens (including phenoxy) is 6. The fourth-order valence-corrected chi connectivity index (χ4v) is 6.45. The molecule has 8 heteroatoms. The van der Waals surface area contributed by atoms with Gasteiger partial charge in [0.15, 0.2) is 23.0 Å². The van der Waals surface area contributed by atoms with E-state index >= 15 is 0 Å². The van der Waals surface area contributed by atoms with Crippen LogP contribution in [0.4, 0.5) is 0 Å². The van der Waals surface area contributed by atoms with E-state index in [1.807, 2.05) is 97.1 Å². The van der Waals surface area contributed by atoms with E-state index in [1.54, 1.807) is 28.4 Å². The Morgan fingerprint density at radius 2 is 0.800 bits per heavy atom. The topological polar surface area (TPSA) is 80.1 Å². The monoisotopic (exact) mass is 606 g/mol. The molecule has 2 heterocycles. The Kier molecular flexibility index (Phi) is 8.14. The van der Waals surface area contributed by atoms with Crippen LogP contribution in [0.1, 0.15) is 42.5 Å². The Labute approximate surface area is 264 Å². The molecule has 0 saturated carbocycles. The van der Waals surface area contributed by atoms with E-state index in [2.05, 4.69) is 13.8 Å². The molecule has 0 amide bonds. The maximum atomic E-state index is 6.92. The molecule has 0 N–H and O–H groups in total. The predicted octanol–water partition coefficient (Wildman–Crippen LogP) is 6.93. The molecule has 45 heavy (non-hydrogen) atoms. The van der Waals surface area contributed by atoms with Crippen LogP contribution >= 0.6 is 0 Å². The van der Waals surface area contributed by atoms with Crippen molar-refractivity contribution in [3.05, 3.63) is 119 Å². The second-order valence-electron chi connectivity index (χ2n) is 11.2. The molecule has 0 unspecified atom stereocenters. The summed E-state index contributed by atoms with van der Waals surface area (Å²) < 4.78 is 36.2. The molecule has 0 aromatic heterocycles. The van der Waals surface area contributed by atoms with Crippen LogP contribution in [0.3, 0.4) is 0 Å². The zero-order chi connectivity index (χ0) is 31.6. The Bertz CT molecular complexity index is 1530. The lowest BCUT2D eigenvalue weighted by Gasteiger charge is -2.34. The van der Waals surface area contributed by atoms with Crippen molar-refractivity contribution in [2.75, 3.05) is 28.4 Å². The SMILES string of the molecule is COc1cccc(C2(c3cccc(OC)c3)OC(CC3=N[C@H](C)C(c4cccc(OC)c4)(c4cccc(OC)c4)O3)=N[C@@H]2C)c1. The fraction of sp³-hybridized carbons (Fsp3) is 0.297. The normalized spacial score (nSPS) is 19.5. The van der Waals surface area contributed by atoms with Crippen molar-refractivity contribution < 1.29 is 28.4 Å². The van der Waals surface area contributed by atoms with Crippen molar-refractivity contribution in [3.63, 3.8) is 0 Å². The third-order valence-corrected chi connectivity index (χ3v) is 8.71. The lowest BCUT2D eigenvalue weighted by Crippen LogP contribution is -2.38. The van der Waals surface area contributed by atoms with Crippen molar-refractivity contribution in [2.24, 2.45) is 9.98 Å². The number of aliphatic imine (C=N–C) groups is 2. The van der Waals surface area contributed by atoms with Gasteiger partial charge in [0.05, 0.1) is 46.9 Å². The van der Waals surface area contributed by atoms with Crippen LogP contribution in [0.15, 0.2) is 107 Å². The van der Waals surface area contributed by atoms with Gasteiger partial charge in [-0.3, -0.25) is 0 Å². The van der Waals surface area contributed by atoms with Crippen molar-refractivity contribution in [2.45, 2.75) is 43.6 Å². The van der Waals surface area contributed by atoms with E-state index < -0.39 is 11.2 Å². The number of nitrogens with zero attached hydrogens (tertiary/aromatic N) is 2. The third kappa shape index (κ3) is 5.24. The summed E-state index contributed by atoms with van der Waals surface area (Å²) in [6, 6.07) is 31.1. The molecular weight excluding hydrogens is 568 g/mol. The van der Waals surface area contributed by atoms with Crippen LogP contribution in [0.5, 0.6) is 23.0 Å². The summed E-state index contributed by atoms with van der Waals surface area (Å²) in [5, 5.41) is 0. The van der Waals surface area contributed by atoms with Gasteiger partial charge >= 0.3 is 0 Å². The summed E-state index contributed by atoms with van der Waals surface area (Å²) >= 11 is 0. The van der Waals surface area contributed by atoms with Gasteiger partial charge in [0.25, 0.3) is 0 Å². The zero-order valence-electron chi connectivity index (χ0n) is 26.4. The first-order chi connectivity index (χ1) is 21.9. The largest absolute Gasteiger partial charge is 0.497 e. The summed E-state index contributed by atoms with van der Waals surface area (Å²) in [5.41, 5.74) is 1.86. The second-order valence-corrected chi connectivity index (χ2v) is 11.2. The highest BCUT2D eigenvalue weighted by Gasteiger charge is 2.51. The summed E-state index contributed by atoms with van der Waals surface area (Å²) in [5.74, 6) is 4.00. The zero-order valence-corrected chi connectivity index (χ0v) is 26.4. The number of benzene rings is 4. The van der Waals surface area contributed by atoms with E-state index in [0.29, 0.717) is 11.8 Å². The molecule has 232 valence electrons. The molecule has 0 radical (unpaired) electrons. The first kappa shape index (κ1) is 30.1. The van der Waals surface area contributed by atoms with Gasteiger partial charge in [-0.05, 0) is 62.4 Å². The van der Waals surface area contributed by atoms with Crippen LogP contribution in [0.2, 0.25) is 0 Å². The van der Waals surface area contributed by atoms with Crippen LogP contribution in [-0.2, 0) is 20.7 Å². The molecule has 4 aromatic rings. The van der Waals surface area contributed by atoms with Crippen molar-refractivity contribution in [1.82, 2.24) is 0 Å². The Morgan fingerprint density at radius 1 is 0.511 bits per heavy atom. The fourth-order valence-electron chi connectivity index (χ4n) is 6.45. The summed E-state index contributed by atoms with van der Waals surface area (Å²) in [7, 11) is 6.63. The second kappa shape index (κ2) is 12.2. The van der Waals surface area contributed by atoms with Gasteiger partial charge in [-0.1, -0.05) is 48.5 Å². The molecule has 2 aliphatic rings. The number of methoxy groups -OCH3 is 4. The van der Waals surface area contributed by atoms with E-state index in [9.17, 15) is 0 Å². The van der Waals surface area contributed by atoms with E-state index in [4.69, 9.17) is 38.4 Å². The lowest BCUT2D eigenvalue weighted by atomic mass is 9.81. The first-order valence-corrected chi connectivity index (χ1v) is 15.0. The molecule has 0 fully saturated rings. The molecule has 2 aliphatic heterocycles. The van der Waals surface area contributed by atoms with Gasteiger partial charge in [-0.25, -0.2) is 9.98 Å². The maximum Gasteiger partial charge on any atom is 0.194 e. The maximum absolute atomic E-state index is 6.92. The highest BCUT2D eigenvalue weighted by molar-refractivity contribution is 5.99. The van der Waals surface area contributed by atoms with Gasteiger partial charge < -0.3 is 28.4 Å². The van der Waals surface area contributed by atoms with Crippen LogP contribution in [-0.4, -0.2) is 52.3 Å². The predicted molar refractivity (Wildman–Crippen MR) is 174 cm³/mol. The summed E-state index contributed by atoms with van der Waals surface area (Å²) in [4.78, 5) is 10.1. The molecule has 6 rings (SSSR count). The van der Waals surface area contributed by atoms with Crippen LogP contribution in [0.25, 0.3) is 0 Å². The number of rotatable bonds is 10. The number of hydrogen-bond donors (Lipinski definition) is 0. The Morgan fingerprint density at radius 3 is 1.07 bits per heavy atom. The van der Waals surface area contributed by atoms with Gasteiger partial charge in [-0.15, -0.1) is 0 Å². The van der Waals surface area contributed by atoms with Gasteiger partial charge in [-0.2, -0.15) is 0 Å². The molecule has 4 aromatic carbocycles. The molecule has 0 saturated heterocycles. The molecule has 0 spiro atoms. The van der Waals surface area contributed by atoms with Crippen LogP contribution in [0, 0.1) is 0 Å². The minimum absolute atomic E-state index is 0.271. The first-order valence-electron chi connectivity index (χ1n) is 15.0. The Balaban J connectivity index is 1.37. The van der Waals surface area contributed by atoms with E-state index in [-0.39, 0.29) is 18.5 Å². The molecule has 0 bridgehead atoms. The Hall–Kier alpha value is -4.98. The quantitative estimate of drug-likeness (QED) is 0.195. The van der Waals surface area contributed by atoms with E-state index in [0.717, 1.165) is 45.3 Å². The smallest absolute Gasteiger partial charge is 0.194 e. The van der Waals surface area contributed by atoms with Gasteiger partial charge in [0, 0.05) is 22.3 Å². The van der Waals surface area contributed by atoms with Crippen molar-refractivity contribution in [3.8, 4) is 23.0 Å². The summed E-state index contributed by atoms with van der Waals surface area (Å²) in [6.45, 7) is 4.12. The van der Waals surface area contributed by atoms with Gasteiger partial charge in [0.2, 0.25) is 0 Å². The lowest BCUT2D eigenvalue weighted by molar-refractivity contribution is 0.0921. The average molecular weight is 607 g/mol. The molecule has 8 nitrogen and oxygen atoms in total. The average Bonchev–Trinajstić information content (AvgIpc) is 3.60. The standard InChI is InChI=1S/C37H38N2O6/c1-24-36(26-11-7-15-30(19-26)40-3,27-12-8-16-31(20-27)41-4)44-34(38-24)23-35-39-25(2)37(45-35,28-13-9-17-32(21-28)42-5)29-14-10-18-33(22-29)43-6/h7-22,24-25H,23H2,1-6H3/t24-,25-/m1/s1. The van der Waals surface area contributed by atoms with Crippen molar-refractivity contribution >= 4 is 11.8 Å².